The molecule has 3 fully saturated rings. The molecule has 3 saturated heterocycles. The van der Waals surface area contributed by atoms with Crippen LogP contribution in [0.25, 0.3) is 0 Å². The average Bonchev–Trinajstić information content (AvgIpc) is 3.63. The Labute approximate surface area is 348 Å². The molecule has 0 radical (unpaired) electrons. The van der Waals surface area contributed by atoms with Crippen molar-refractivity contribution in [2.45, 2.75) is 190 Å². The van der Waals surface area contributed by atoms with Gasteiger partial charge in [-0.25, -0.2) is 8.42 Å². The summed E-state index contributed by atoms with van der Waals surface area (Å²) in [4.78, 5) is 0.297. The molecule has 3 heterocycles. The van der Waals surface area contributed by atoms with Gasteiger partial charge in [0.25, 0.3) is 0 Å². The van der Waals surface area contributed by atoms with Gasteiger partial charge in [0.1, 0.15) is 0 Å². The third-order valence-corrected chi connectivity index (χ3v) is 24.7. The lowest BCUT2D eigenvalue weighted by atomic mass is 9.83. The fraction of sp³-hybridized carbons (Fsp3) is 0.778. The monoisotopic (exact) mass is 850 g/mol. The number of aliphatic hydroxyl groups excluding tert-OH is 1. The van der Waals surface area contributed by atoms with E-state index >= 15 is 0 Å². The molecule has 1 aromatic rings. The summed E-state index contributed by atoms with van der Waals surface area (Å²) >= 11 is 0. The second-order valence-electron chi connectivity index (χ2n) is 20.2. The van der Waals surface area contributed by atoms with Crippen LogP contribution in [0.3, 0.4) is 0 Å². The van der Waals surface area contributed by atoms with Crippen molar-refractivity contribution >= 4 is 26.5 Å². The zero-order valence-corrected chi connectivity index (χ0v) is 40.3. The van der Waals surface area contributed by atoms with Crippen LogP contribution in [-0.2, 0) is 37.6 Å². The highest BCUT2D eigenvalue weighted by molar-refractivity contribution is 7.91. The van der Waals surface area contributed by atoms with Gasteiger partial charge in [-0.05, 0) is 104 Å². The molecule has 0 saturated carbocycles. The average molecular weight is 851 g/mol. The van der Waals surface area contributed by atoms with Crippen LogP contribution in [0.4, 0.5) is 0 Å². The second kappa shape index (κ2) is 19.7. The van der Waals surface area contributed by atoms with Gasteiger partial charge in [-0.15, -0.1) is 0 Å². The van der Waals surface area contributed by atoms with E-state index in [-0.39, 0.29) is 58.9 Å². The molecule has 0 amide bonds. The molecule has 0 spiro atoms. The Hall–Kier alpha value is -1.20. The minimum atomic E-state index is -3.68. The number of hydrogen-bond acceptors (Lipinski definition) is 9. The van der Waals surface area contributed by atoms with Crippen molar-refractivity contribution in [1.29, 1.82) is 0 Å². The molecule has 0 aromatic heterocycles. The normalized spacial score (nSPS) is 29.9. The first-order valence-corrected chi connectivity index (χ1v) is 28.9. The summed E-state index contributed by atoms with van der Waals surface area (Å²) in [7, 11) is -6.35. The molecule has 3 aliphatic heterocycles. The van der Waals surface area contributed by atoms with Crippen molar-refractivity contribution in [3.8, 4) is 0 Å². The Morgan fingerprint density at radius 2 is 1.51 bits per heavy atom. The van der Waals surface area contributed by atoms with Crippen LogP contribution in [0.15, 0.2) is 59.5 Å². The fourth-order valence-electron chi connectivity index (χ4n) is 8.08. The number of methoxy groups -OCH3 is 1. The third-order valence-electron chi connectivity index (χ3n) is 13.8. The van der Waals surface area contributed by atoms with Crippen LogP contribution in [0.5, 0.6) is 0 Å². The third kappa shape index (κ3) is 12.7. The van der Waals surface area contributed by atoms with Gasteiger partial charge in [-0.2, -0.15) is 0 Å². The predicted molar refractivity (Wildman–Crippen MR) is 235 cm³/mol. The van der Waals surface area contributed by atoms with Crippen molar-refractivity contribution in [1.82, 2.24) is 0 Å². The van der Waals surface area contributed by atoms with E-state index in [1.807, 2.05) is 6.07 Å². The molecule has 4 rings (SSSR count). The summed E-state index contributed by atoms with van der Waals surface area (Å²) in [6, 6.07) is 8.68. The van der Waals surface area contributed by atoms with E-state index in [9.17, 15) is 13.5 Å². The molecule has 1 N–H and O–H groups in total. The van der Waals surface area contributed by atoms with Gasteiger partial charge in [0.2, 0.25) is 0 Å². The Kier molecular flexibility index (Phi) is 16.7. The molecule has 326 valence electrons. The number of hydrogen-bond donors (Lipinski definition) is 1. The molecule has 1 aromatic carbocycles. The summed E-state index contributed by atoms with van der Waals surface area (Å²) in [5.74, 6) is -0.324. The maximum atomic E-state index is 14.1. The maximum Gasteiger partial charge on any atom is 0.192 e. The largest absolute Gasteiger partial charge is 0.414 e. The summed E-state index contributed by atoms with van der Waals surface area (Å²) < 4.78 is 68.6. The van der Waals surface area contributed by atoms with Crippen molar-refractivity contribution < 1.29 is 41.3 Å². The summed E-state index contributed by atoms with van der Waals surface area (Å²) in [6.07, 6.45) is 4.12. The molecule has 12 heteroatoms. The lowest BCUT2D eigenvalue weighted by molar-refractivity contribution is -0.0782. The SMILES string of the molecule is C=C1C(CC2OC(C[C@@H](CO[Si](C)(C)C(C)(C)C)O[Si](C)(C)C(C)(C)C)[C@H](OC)C2CS(=O)(=O)c2ccccc2)OC(CC[C@@H]2OC(CCCO)CC2=C)C[C@H]1C. The Balaban J connectivity index is 1.59. The van der Waals surface area contributed by atoms with E-state index in [4.69, 9.17) is 27.8 Å². The molecule has 0 bridgehead atoms. The highest BCUT2D eigenvalue weighted by atomic mass is 32.2. The standard InChI is InChI=1S/C45H78O9SSi2/c1-31-25-35(22-23-39-32(2)26-34(51-39)19-18-24-46)52-40(33(31)3)28-41-38(30-55(47,48)37-20-16-15-17-21-37)43(49-10)42(53-41)27-36(54-57(13,14)45(7,8)9)29-50-56(11,12)44(4,5)6/h15-17,20-21,31,34-36,38-43,46H,2-3,18-19,22-30H2,1,4-14H3/t31-,34?,35?,36+,38?,39+,40?,41?,42?,43-/m1/s1. The molecular weight excluding hydrogens is 773 g/mol. The van der Waals surface area contributed by atoms with Gasteiger partial charge in [0.05, 0.1) is 66.1 Å². The van der Waals surface area contributed by atoms with Gasteiger partial charge in [0, 0.05) is 32.5 Å². The molecule has 10 atom stereocenters. The van der Waals surface area contributed by atoms with Crippen LogP contribution in [0.1, 0.15) is 99.8 Å². The van der Waals surface area contributed by atoms with Gasteiger partial charge in [-0.1, -0.05) is 79.8 Å². The van der Waals surface area contributed by atoms with Crippen molar-refractivity contribution in [2.75, 3.05) is 26.1 Å². The highest BCUT2D eigenvalue weighted by Gasteiger charge is 2.50. The Morgan fingerprint density at radius 1 is 0.877 bits per heavy atom. The Bertz CT molecular complexity index is 1570. The lowest BCUT2D eigenvalue weighted by Gasteiger charge is -2.42. The Morgan fingerprint density at radius 3 is 2.11 bits per heavy atom. The molecule has 0 aliphatic carbocycles. The van der Waals surface area contributed by atoms with Crippen LogP contribution in [0, 0.1) is 11.8 Å². The summed E-state index contributed by atoms with van der Waals surface area (Å²) in [5.41, 5.74) is 2.14. The first-order chi connectivity index (χ1) is 26.4. The number of rotatable bonds is 19. The minimum Gasteiger partial charge on any atom is -0.414 e. The van der Waals surface area contributed by atoms with Gasteiger partial charge in [-0.3, -0.25) is 0 Å². The molecule has 6 unspecified atom stereocenters. The number of sulfone groups is 1. The van der Waals surface area contributed by atoms with Crippen molar-refractivity contribution in [3.05, 3.63) is 54.6 Å². The van der Waals surface area contributed by atoms with Crippen molar-refractivity contribution in [3.63, 3.8) is 0 Å². The molecule has 3 aliphatic rings. The van der Waals surface area contributed by atoms with Crippen LogP contribution < -0.4 is 0 Å². The van der Waals surface area contributed by atoms with E-state index < -0.39 is 50.7 Å². The zero-order valence-electron chi connectivity index (χ0n) is 37.5. The smallest absolute Gasteiger partial charge is 0.192 e. The van der Waals surface area contributed by atoms with E-state index in [0.717, 1.165) is 49.7 Å². The number of ether oxygens (including phenoxy) is 4. The van der Waals surface area contributed by atoms with Gasteiger partial charge < -0.3 is 32.9 Å². The summed E-state index contributed by atoms with van der Waals surface area (Å²) in [6.45, 7) is 34.2. The first-order valence-electron chi connectivity index (χ1n) is 21.4. The topological polar surface area (TPSA) is 110 Å². The predicted octanol–water partition coefficient (Wildman–Crippen LogP) is 9.67. The van der Waals surface area contributed by atoms with Gasteiger partial charge in [0.15, 0.2) is 26.5 Å². The number of aliphatic hydroxyl groups is 1. The van der Waals surface area contributed by atoms with Crippen LogP contribution >= 0.6 is 0 Å². The molecule has 9 nitrogen and oxygen atoms in total. The van der Waals surface area contributed by atoms with E-state index in [0.29, 0.717) is 24.3 Å². The number of benzene rings is 1. The van der Waals surface area contributed by atoms with Crippen LogP contribution in [0.2, 0.25) is 36.3 Å². The fourth-order valence-corrected chi connectivity index (χ4v) is 12.1. The molecule has 57 heavy (non-hydrogen) atoms. The minimum absolute atomic E-state index is 0.000157. The second-order valence-corrected chi connectivity index (χ2v) is 31.8. The van der Waals surface area contributed by atoms with Crippen molar-refractivity contribution in [2.24, 2.45) is 11.8 Å². The van der Waals surface area contributed by atoms with Crippen LogP contribution in [-0.4, -0.2) is 105 Å². The van der Waals surface area contributed by atoms with Gasteiger partial charge >= 0.3 is 0 Å². The van der Waals surface area contributed by atoms with E-state index in [1.54, 1.807) is 31.4 Å². The highest BCUT2D eigenvalue weighted by Crippen LogP contribution is 2.44. The summed E-state index contributed by atoms with van der Waals surface area (Å²) in [5, 5.41) is 9.32. The quantitative estimate of drug-likeness (QED) is 0.108. The van der Waals surface area contributed by atoms with E-state index in [1.165, 1.54) is 0 Å². The lowest BCUT2D eigenvalue weighted by Crippen LogP contribution is -2.49. The zero-order chi connectivity index (χ0) is 42.6. The van der Waals surface area contributed by atoms with E-state index in [2.05, 4.69) is 87.8 Å². The first kappa shape index (κ1) is 48.5. The maximum absolute atomic E-state index is 14.1. The molecular formula is C45H78O9SSi2.